The molecule has 106 valence electrons. The summed E-state index contributed by atoms with van der Waals surface area (Å²) in [4.78, 5) is 11.9. The highest BCUT2D eigenvalue weighted by Crippen LogP contribution is 2.13. The number of unbranched alkanes of at least 4 members (excludes halogenated alkanes) is 1. The lowest BCUT2D eigenvalue weighted by Crippen LogP contribution is -2.36. The Kier molecular flexibility index (Phi) is 6.57. The highest BCUT2D eigenvalue weighted by Gasteiger charge is 2.14. The molecule has 1 aromatic rings. The first kappa shape index (κ1) is 15.7. The average molecular weight is 262 g/mol. The number of carbonyl (C=O) groups is 1. The molecule has 0 fully saturated rings. The predicted molar refractivity (Wildman–Crippen MR) is 81.1 cm³/mol. The Balaban J connectivity index is 2.50. The van der Waals surface area contributed by atoms with Crippen molar-refractivity contribution in [1.29, 1.82) is 0 Å². The second kappa shape index (κ2) is 7.95. The van der Waals surface area contributed by atoms with Gasteiger partial charge in [-0.3, -0.25) is 4.79 Å². The molecule has 0 aliphatic rings. The Morgan fingerprint density at radius 2 is 1.89 bits per heavy atom. The topological polar surface area (TPSA) is 55.1 Å². The number of hydrogen-bond acceptors (Lipinski definition) is 2. The fraction of sp³-hybridized carbons (Fsp3) is 0.562. The van der Waals surface area contributed by atoms with Gasteiger partial charge < -0.3 is 11.1 Å². The minimum atomic E-state index is -0.431. The molecule has 0 aliphatic heterocycles. The largest absolute Gasteiger partial charge is 0.325 e. The molecule has 3 nitrogen and oxygen atoms in total. The van der Waals surface area contributed by atoms with Gasteiger partial charge in [-0.25, -0.2) is 0 Å². The van der Waals surface area contributed by atoms with E-state index in [2.05, 4.69) is 38.2 Å². The molecule has 1 rings (SSSR count). The van der Waals surface area contributed by atoms with Gasteiger partial charge >= 0.3 is 0 Å². The Morgan fingerprint density at radius 3 is 2.42 bits per heavy atom. The van der Waals surface area contributed by atoms with Gasteiger partial charge in [0.15, 0.2) is 0 Å². The van der Waals surface area contributed by atoms with E-state index in [0.29, 0.717) is 12.3 Å². The third-order valence-corrected chi connectivity index (χ3v) is 3.10. The molecule has 3 N–H and O–H groups in total. The van der Waals surface area contributed by atoms with Crippen molar-refractivity contribution in [2.24, 2.45) is 11.7 Å². The maximum Gasteiger partial charge on any atom is 0.241 e. The lowest BCUT2D eigenvalue weighted by Gasteiger charge is -2.14. The molecular weight excluding hydrogens is 236 g/mol. The van der Waals surface area contributed by atoms with Gasteiger partial charge in [0.25, 0.3) is 0 Å². The highest BCUT2D eigenvalue weighted by atomic mass is 16.2. The number of amides is 1. The lowest BCUT2D eigenvalue weighted by molar-refractivity contribution is -0.117. The van der Waals surface area contributed by atoms with Crippen LogP contribution in [0.5, 0.6) is 0 Å². The fourth-order valence-electron chi connectivity index (χ4n) is 1.99. The van der Waals surface area contributed by atoms with Crippen LogP contribution in [0.25, 0.3) is 0 Å². The molecule has 0 unspecified atom stereocenters. The molecule has 3 heteroatoms. The molecule has 0 aliphatic carbocycles. The molecule has 0 saturated heterocycles. The molecular formula is C16H26N2O. The summed E-state index contributed by atoms with van der Waals surface area (Å²) in [6.07, 6.45) is 4.20. The third-order valence-electron chi connectivity index (χ3n) is 3.10. The van der Waals surface area contributed by atoms with E-state index in [1.54, 1.807) is 0 Å². The quantitative estimate of drug-likeness (QED) is 0.792. The van der Waals surface area contributed by atoms with Crippen LogP contribution in [-0.2, 0) is 11.2 Å². The van der Waals surface area contributed by atoms with Crippen LogP contribution in [0.1, 0.15) is 45.6 Å². The van der Waals surface area contributed by atoms with Gasteiger partial charge in [-0.05, 0) is 42.9 Å². The van der Waals surface area contributed by atoms with Crippen LogP contribution in [0.2, 0.25) is 0 Å². The molecule has 0 saturated carbocycles. The number of hydrogen-bond donors (Lipinski definition) is 2. The zero-order valence-electron chi connectivity index (χ0n) is 12.3. The van der Waals surface area contributed by atoms with Gasteiger partial charge in [0.05, 0.1) is 6.04 Å². The second-order valence-corrected chi connectivity index (χ2v) is 5.53. The number of nitrogens with two attached hydrogens (primary N) is 1. The Labute approximate surface area is 116 Å². The highest BCUT2D eigenvalue weighted by molar-refractivity contribution is 5.94. The van der Waals surface area contributed by atoms with E-state index in [-0.39, 0.29) is 5.91 Å². The number of benzene rings is 1. The summed E-state index contributed by atoms with van der Waals surface area (Å²) in [7, 11) is 0. The van der Waals surface area contributed by atoms with Gasteiger partial charge in [0.1, 0.15) is 0 Å². The van der Waals surface area contributed by atoms with Crippen molar-refractivity contribution in [3.8, 4) is 0 Å². The molecule has 0 aromatic heterocycles. The Bertz CT molecular complexity index is 384. The molecule has 1 amide bonds. The fourth-order valence-corrected chi connectivity index (χ4v) is 1.99. The number of anilines is 1. The van der Waals surface area contributed by atoms with E-state index in [0.717, 1.165) is 12.1 Å². The van der Waals surface area contributed by atoms with Crippen molar-refractivity contribution in [1.82, 2.24) is 0 Å². The monoisotopic (exact) mass is 262 g/mol. The maximum atomic E-state index is 11.9. The first-order chi connectivity index (χ1) is 9.02. The van der Waals surface area contributed by atoms with Crippen LogP contribution in [0.3, 0.4) is 0 Å². The molecule has 0 spiro atoms. The number of aryl methyl sites for hydroxylation is 1. The summed E-state index contributed by atoms with van der Waals surface area (Å²) < 4.78 is 0. The van der Waals surface area contributed by atoms with E-state index >= 15 is 0 Å². The Hall–Kier alpha value is -1.35. The second-order valence-electron chi connectivity index (χ2n) is 5.53. The summed E-state index contributed by atoms with van der Waals surface area (Å²) in [5.74, 6) is 0.326. The number of nitrogens with one attached hydrogen (secondary N) is 1. The first-order valence-electron chi connectivity index (χ1n) is 7.18. The van der Waals surface area contributed by atoms with Crippen molar-refractivity contribution < 1.29 is 4.79 Å². The van der Waals surface area contributed by atoms with Gasteiger partial charge in [-0.15, -0.1) is 0 Å². The maximum absolute atomic E-state index is 11.9. The average Bonchev–Trinajstić information content (AvgIpc) is 2.37. The number of rotatable bonds is 7. The number of carbonyl (C=O) groups excluding carboxylic acids is 1. The normalized spacial score (nSPS) is 12.5. The van der Waals surface area contributed by atoms with Crippen LogP contribution in [0.15, 0.2) is 24.3 Å². The lowest BCUT2D eigenvalue weighted by atomic mass is 10.0. The SMILES string of the molecule is CCCCc1ccc(NC(=O)[C@@H](N)CC(C)C)cc1. The summed E-state index contributed by atoms with van der Waals surface area (Å²) in [6.45, 7) is 6.32. The minimum absolute atomic E-state index is 0.102. The summed E-state index contributed by atoms with van der Waals surface area (Å²) in [5, 5.41) is 2.87. The predicted octanol–water partition coefficient (Wildman–Crippen LogP) is 3.34. The molecule has 0 bridgehead atoms. The van der Waals surface area contributed by atoms with Crippen molar-refractivity contribution in [3.05, 3.63) is 29.8 Å². The molecule has 19 heavy (non-hydrogen) atoms. The summed E-state index contributed by atoms with van der Waals surface area (Å²) >= 11 is 0. The van der Waals surface area contributed by atoms with Crippen LogP contribution >= 0.6 is 0 Å². The molecule has 0 radical (unpaired) electrons. The molecule has 0 heterocycles. The summed E-state index contributed by atoms with van der Waals surface area (Å²) in [6, 6.07) is 7.61. The molecule has 1 aromatic carbocycles. The van der Waals surface area contributed by atoms with Crippen LogP contribution < -0.4 is 11.1 Å². The zero-order chi connectivity index (χ0) is 14.3. The minimum Gasteiger partial charge on any atom is -0.325 e. The van der Waals surface area contributed by atoms with E-state index in [4.69, 9.17) is 5.73 Å². The van der Waals surface area contributed by atoms with Crippen LogP contribution in [-0.4, -0.2) is 11.9 Å². The van der Waals surface area contributed by atoms with E-state index in [9.17, 15) is 4.79 Å². The van der Waals surface area contributed by atoms with E-state index in [1.807, 2.05) is 12.1 Å². The van der Waals surface area contributed by atoms with Crippen LogP contribution in [0.4, 0.5) is 5.69 Å². The van der Waals surface area contributed by atoms with Crippen molar-refractivity contribution >= 4 is 11.6 Å². The van der Waals surface area contributed by atoms with Gasteiger partial charge in [-0.1, -0.05) is 39.3 Å². The summed E-state index contributed by atoms with van der Waals surface area (Å²) in [5.41, 5.74) is 7.98. The van der Waals surface area contributed by atoms with Gasteiger partial charge in [-0.2, -0.15) is 0 Å². The first-order valence-corrected chi connectivity index (χ1v) is 7.18. The smallest absolute Gasteiger partial charge is 0.241 e. The van der Waals surface area contributed by atoms with Crippen molar-refractivity contribution in [2.75, 3.05) is 5.32 Å². The van der Waals surface area contributed by atoms with Gasteiger partial charge in [0, 0.05) is 5.69 Å². The molecule has 1 atom stereocenters. The van der Waals surface area contributed by atoms with E-state index in [1.165, 1.54) is 18.4 Å². The van der Waals surface area contributed by atoms with Gasteiger partial charge in [0.2, 0.25) is 5.91 Å². The van der Waals surface area contributed by atoms with Crippen molar-refractivity contribution in [2.45, 2.75) is 52.5 Å². The standard InChI is InChI=1S/C16H26N2O/c1-4-5-6-13-7-9-14(10-8-13)18-16(19)15(17)11-12(2)3/h7-10,12,15H,4-6,11,17H2,1-3H3,(H,18,19)/t15-/m0/s1. The van der Waals surface area contributed by atoms with Crippen LogP contribution in [0, 0.1) is 5.92 Å². The van der Waals surface area contributed by atoms with Crippen molar-refractivity contribution in [3.63, 3.8) is 0 Å². The Morgan fingerprint density at radius 1 is 1.26 bits per heavy atom. The third kappa shape index (κ3) is 5.88. The van der Waals surface area contributed by atoms with E-state index < -0.39 is 6.04 Å². The zero-order valence-corrected chi connectivity index (χ0v) is 12.3.